The molecule has 1 aromatic rings. The lowest BCUT2D eigenvalue weighted by molar-refractivity contribution is -0.117. The number of hydrogen-bond acceptors (Lipinski definition) is 3. The quantitative estimate of drug-likeness (QED) is 0.582. The van der Waals surface area contributed by atoms with Gasteiger partial charge in [0.1, 0.15) is 0 Å². The summed E-state index contributed by atoms with van der Waals surface area (Å²) in [5.74, 6) is -2.22. The van der Waals surface area contributed by atoms with Crippen molar-refractivity contribution in [3.63, 3.8) is 0 Å². The molecular weight excluding hydrogens is 234 g/mol. The Morgan fingerprint density at radius 3 is 2.56 bits per heavy atom. The van der Waals surface area contributed by atoms with E-state index in [-0.39, 0.29) is 29.0 Å². The largest absolute Gasteiger partial charge is 0.397 e. The minimum atomic E-state index is -1.02. The van der Waals surface area contributed by atoms with Gasteiger partial charge in [-0.2, -0.15) is 12.6 Å². The van der Waals surface area contributed by atoms with Gasteiger partial charge < -0.3 is 10.6 Å². The molecule has 1 fully saturated rings. The summed E-state index contributed by atoms with van der Waals surface area (Å²) in [6.07, 6.45) is 0.279. The molecule has 0 spiro atoms. The summed E-state index contributed by atoms with van der Waals surface area (Å²) in [4.78, 5) is 12.9. The second-order valence-electron chi connectivity index (χ2n) is 3.69. The van der Waals surface area contributed by atoms with Crippen molar-refractivity contribution in [2.75, 3.05) is 17.2 Å². The van der Waals surface area contributed by atoms with Crippen molar-refractivity contribution >= 4 is 29.9 Å². The van der Waals surface area contributed by atoms with E-state index in [0.29, 0.717) is 6.54 Å². The van der Waals surface area contributed by atoms with Crippen LogP contribution >= 0.6 is 12.6 Å². The van der Waals surface area contributed by atoms with Crippen molar-refractivity contribution in [2.45, 2.75) is 11.7 Å². The number of anilines is 2. The number of carbonyl (C=O) groups is 1. The maximum absolute atomic E-state index is 13.0. The molecule has 1 unspecified atom stereocenters. The average molecular weight is 244 g/mol. The smallest absolute Gasteiger partial charge is 0.228 e. The third kappa shape index (κ3) is 1.84. The lowest BCUT2D eigenvalue weighted by atomic mass is 10.2. The van der Waals surface area contributed by atoms with Gasteiger partial charge in [0.15, 0.2) is 11.6 Å². The number of carbonyl (C=O) groups excluding carboxylic acids is 1. The van der Waals surface area contributed by atoms with Gasteiger partial charge in [-0.15, -0.1) is 0 Å². The molecule has 0 bridgehead atoms. The maximum Gasteiger partial charge on any atom is 0.228 e. The maximum atomic E-state index is 13.0. The van der Waals surface area contributed by atoms with Crippen molar-refractivity contribution < 1.29 is 13.6 Å². The minimum absolute atomic E-state index is 0.0506. The van der Waals surface area contributed by atoms with Crippen LogP contribution in [0.1, 0.15) is 6.42 Å². The summed E-state index contributed by atoms with van der Waals surface area (Å²) in [5, 5.41) is -0.0972. The first-order valence-corrected chi connectivity index (χ1v) is 5.23. The van der Waals surface area contributed by atoms with Crippen LogP contribution in [-0.2, 0) is 4.79 Å². The van der Waals surface area contributed by atoms with E-state index in [1.807, 2.05) is 0 Å². The molecule has 1 saturated heterocycles. The van der Waals surface area contributed by atoms with E-state index in [1.165, 1.54) is 4.90 Å². The first-order chi connectivity index (χ1) is 7.49. The highest BCUT2D eigenvalue weighted by Crippen LogP contribution is 2.30. The Hall–Kier alpha value is -1.30. The molecule has 1 heterocycles. The van der Waals surface area contributed by atoms with Crippen molar-refractivity contribution in [3.05, 3.63) is 23.8 Å². The monoisotopic (exact) mass is 244 g/mol. The van der Waals surface area contributed by atoms with Crippen LogP contribution < -0.4 is 10.6 Å². The predicted molar refractivity (Wildman–Crippen MR) is 60.5 cm³/mol. The van der Waals surface area contributed by atoms with E-state index in [9.17, 15) is 13.6 Å². The van der Waals surface area contributed by atoms with Gasteiger partial charge in [0.25, 0.3) is 0 Å². The molecule has 1 aliphatic heterocycles. The van der Waals surface area contributed by atoms with Crippen molar-refractivity contribution in [1.29, 1.82) is 0 Å². The number of benzene rings is 1. The number of nitrogen functional groups attached to an aromatic ring is 1. The summed E-state index contributed by atoms with van der Waals surface area (Å²) in [7, 11) is 0. The lowest BCUT2D eigenvalue weighted by Crippen LogP contribution is -2.25. The van der Waals surface area contributed by atoms with Gasteiger partial charge in [-0.3, -0.25) is 4.79 Å². The highest BCUT2D eigenvalue weighted by atomic mass is 32.1. The van der Waals surface area contributed by atoms with Crippen LogP contribution in [-0.4, -0.2) is 17.7 Å². The van der Waals surface area contributed by atoms with Gasteiger partial charge in [0.2, 0.25) is 5.91 Å². The van der Waals surface area contributed by atoms with Crippen LogP contribution in [0.2, 0.25) is 0 Å². The molecule has 0 aliphatic carbocycles. The average Bonchev–Trinajstić information content (AvgIpc) is 2.51. The summed E-state index contributed by atoms with van der Waals surface area (Å²) in [6, 6.07) is 1.82. The molecule has 1 atom stereocenters. The van der Waals surface area contributed by atoms with E-state index in [2.05, 4.69) is 12.6 Å². The Kier molecular flexibility index (Phi) is 2.75. The van der Waals surface area contributed by atoms with Crippen molar-refractivity contribution in [3.8, 4) is 0 Å². The molecule has 0 saturated carbocycles. The number of nitrogens with zero attached hydrogens (tertiary/aromatic N) is 1. The van der Waals surface area contributed by atoms with Gasteiger partial charge in [0.05, 0.1) is 11.4 Å². The Labute approximate surface area is 96.6 Å². The first-order valence-electron chi connectivity index (χ1n) is 4.72. The van der Waals surface area contributed by atoms with E-state index >= 15 is 0 Å². The predicted octanol–water partition coefficient (Wildman–Crippen LogP) is 1.58. The van der Waals surface area contributed by atoms with Gasteiger partial charge in [-0.25, -0.2) is 8.78 Å². The number of hydrogen-bond donors (Lipinski definition) is 2. The lowest BCUT2D eigenvalue weighted by Gasteiger charge is -2.18. The molecule has 1 aliphatic rings. The summed E-state index contributed by atoms with van der Waals surface area (Å²) in [5.41, 5.74) is 5.81. The van der Waals surface area contributed by atoms with Crippen LogP contribution in [0.25, 0.3) is 0 Å². The van der Waals surface area contributed by atoms with Crippen LogP contribution in [0.5, 0.6) is 0 Å². The molecule has 3 nitrogen and oxygen atoms in total. The summed E-state index contributed by atoms with van der Waals surface area (Å²) in [6.45, 7) is 0.358. The summed E-state index contributed by atoms with van der Waals surface area (Å²) < 4.78 is 25.9. The zero-order chi connectivity index (χ0) is 11.9. The molecule has 16 heavy (non-hydrogen) atoms. The fourth-order valence-electron chi connectivity index (χ4n) is 1.71. The Morgan fingerprint density at radius 2 is 2.00 bits per heavy atom. The molecule has 1 amide bonds. The van der Waals surface area contributed by atoms with E-state index < -0.39 is 11.6 Å². The molecule has 86 valence electrons. The number of nitrogens with two attached hydrogens (primary N) is 1. The zero-order valence-corrected chi connectivity index (χ0v) is 9.18. The number of thiol groups is 1. The standard InChI is InChI=1S/C10H10F2N2OS/c11-6-2-8(13)9(3-7(6)12)14-4-5(16)1-10(14)15/h2-3,5,16H,1,4,13H2. The van der Waals surface area contributed by atoms with Gasteiger partial charge in [-0.1, -0.05) is 0 Å². The summed E-state index contributed by atoms with van der Waals surface area (Å²) >= 11 is 4.17. The van der Waals surface area contributed by atoms with Gasteiger partial charge in [-0.05, 0) is 0 Å². The van der Waals surface area contributed by atoms with E-state index in [0.717, 1.165) is 12.1 Å². The third-order valence-corrected chi connectivity index (χ3v) is 2.81. The Bertz CT molecular complexity index is 453. The third-order valence-electron chi connectivity index (χ3n) is 2.47. The molecule has 0 aromatic heterocycles. The van der Waals surface area contributed by atoms with Crippen LogP contribution in [0.4, 0.5) is 20.2 Å². The topological polar surface area (TPSA) is 46.3 Å². The Balaban J connectivity index is 2.41. The molecule has 6 heteroatoms. The van der Waals surface area contributed by atoms with Crippen LogP contribution in [0, 0.1) is 11.6 Å². The molecule has 2 rings (SSSR count). The van der Waals surface area contributed by atoms with Gasteiger partial charge in [0, 0.05) is 30.3 Å². The number of amides is 1. The molecule has 1 aromatic carbocycles. The fourth-order valence-corrected chi connectivity index (χ4v) is 2.03. The van der Waals surface area contributed by atoms with Crippen molar-refractivity contribution in [1.82, 2.24) is 0 Å². The molecule has 0 radical (unpaired) electrons. The first kappa shape index (κ1) is 11.2. The van der Waals surface area contributed by atoms with Crippen LogP contribution in [0.15, 0.2) is 12.1 Å². The highest BCUT2D eigenvalue weighted by molar-refractivity contribution is 7.81. The normalized spacial score (nSPS) is 20.6. The molecular formula is C10H10F2N2OS. The second-order valence-corrected chi connectivity index (χ2v) is 4.42. The fraction of sp³-hybridized carbons (Fsp3) is 0.300. The van der Waals surface area contributed by atoms with Gasteiger partial charge >= 0.3 is 0 Å². The minimum Gasteiger partial charge on any atom is -0.397 e. The number of halogens is 2. The van der Waals surface area contributed by atoms with E-state index in [1.54, 1.807) is 0 Å². The second kappa shape index (κ2) is 3.93. The zero-order valence-electron chi connectivity index (χ0n) is 8.28. The van der Waals surface area contributed by atoms with Crippen molar-refractivity contribution in [2.24, 2.45) is 0 Å². The molecule has 2 N–H and O–H groups in total. The van der Waals surface area contributed by atoms with Crippen LogP contribution in [0.3, 0.4) is 0 Å². The SMILES string of the molecule is Nc1cc(F)c(F)cc1N1CC(S)CC1=O. The number of rotatable bonds is 1. The Morgan fingerprint density at radius 1 is 1.38 bits per heavy atom. The van der Waals surface area contributed by atoms with E-state index in [4.69, 9.17) is 5.73 Å². The highest BCUT2D eigenvalue weighted by Gasteiger charge is 2.30.